The van der Waals surface area contributed by atoms with Crippen LogP contribution in [-0.2, 0) is 16.6 Å². The molecule has 5 amide bonds. The van der Waals surface area contributed by atoms with E-state index in [9.17, 15) is 37.1 Å². The molecule has 1 saturated carbocycles. The first kappa shape index (κ1) is 38.9. The molecule has 56 heavy (non-hydrogen) atoms. The number of urea groups is 1. The van der Waals surface area contributed by atoms with Crippen molar-refractivity contribution in [3.63, 3.8) is 0 Å². The van der Waals surface area contributed by atoms with E-state index in [0.29, 0.717) is 73.9 Å². The topological polar surface area (TPSA) is 133 Å². The first-order valence-corrected chi connectivity index (χ1v) is 19.1. The number of benzene rings is 2. The summed E-state index contributed by atoms with van der Waals surface area (Å²) in [6.45, 7) is 4.84. The number of hydrogen-bond acceptors (Lipinski definition) is 7. The van der Waals surface area contributed by atoms with Crippen molar-refractivity contribution in [2.24, 2.45) is 7.05 Å². The lowest BCUT2D eigenvalue weighted by molar-refractivity contribution is -0.274. The number of imide groups is 1. The second kappa shape index (κ2) is 15.0. The van der Waals surface area contributed by atoms with E-state index in [1.165, 1.54) is 16.7 Å². The normalized spacial score (nSPS) is 21.1. The van der Waals surface area contributed by atoms with Crippen molar-refractivity contribution >= 4 is 29.4 Å². The second-order valence-corrected chi connectivity index (χ2v) is 15.7. The molecule has 2 N–H and O–H groups in total. The number of rotatable bonds is 7. The Kier molecular flexibility index (Phi) is 10.4. The van der Waals surface area contributed by atoms with Crippen molar-refractivity contribution in [3.8, 4) is 16.9 Å². The molecule has 3 aliphatic heterocycles. The average Bonchev–Trinajstić information content (AvgIpc) is 3.94. The number of likely N-dealkylation sites (tertiary alicyclic amines) is 2. The molecule has 0 bridgehead atoms. The third-order valence-electron chi connectivity index (χ3n) is 12.2. The number of aryl methyl sites for hydroxylation is 1. The van der Waals surface area contributed by atoms with Crippen LogP contribution in [0.4, 0.5) is 23.7 Å². The van der Waals surface area contributed by atoms with Gasteiger partial charge in [0.2, 0.25) is 11.8 Å². The zero-order chi connectivity index (χ0) is 40.1. The number of nitrogens with zero attached hydrogens (tertiary/aromatic N) is 4. The number of carbonyl (C=O) groups is 4. The van der Waals surface area contributed by atoms with Crippen LogP contribution in [-0.4, -0.2) is 93.7 Å². The number of pyridine rings is 1. The minimum Gasteiger partial charge on any atom is -0.405 e. The highest BCUT2D eigenvalue weighted by Gasteiger charge is 2.55. The van der Waals surface area contributed by atoms with Gasteiger partial charge in [0.05, 0.1) is 5.56 Å². The molecule has 298 valence electrons. The van der Waals surface area contributed by atoms with Crippen LogP contribution in [0, 0.1) is 13.8 Å². The lowest BCUT2D eigenvalue weighted by atomic mass is 9.89. The third-order valence-corrected chi connectivity index (χ3v) is 12.2. The Labute approximate surface area is 323 Å². The number of ether oxygens (including phenoxy) is 1. The minimum atomic E-state index is -5.04. The summed E-state index contributed by atoms with van der Waals surface area (Å²) < 4.78 is 47.0. The number of alkyl halides is 3. The van der Waals surface area contributed by atoms with Crippen molar-refractivity contribution in [1.82, 2.24) is 24.6 Å². The Morgan fingerprint density at radius 3 is 2.29 bits per heavy atom. The molecule has 4 fully saturated rings. The van der Waals surface area contributed by atoms with E-state index >= 15 is 0 Å². The molecule has 2 aromatic carbocycles. The number of hydrogen-bond donors (Lipinski definition) is 2. The summed E-state index contributed by atoms with van der Waals surface area (Å²) in [5.41, 5.74) is 3.04. The first-order valence-electron chi connectivity index (χ1n) is 19.1. The minimum absolute atomic E-state index is 0.0757. The van der Waals surface area contributed by atoms with Gasteiger partial charge >= 0.3 is 12.4 Å². The lowest BCUT2D eigenvalue weighted by Gasteiger charge is -2.45. The number of aromatic nitrogens is 1. The summed E-state index contributed by atoms with van der Waals surface area (Å²) in [4.78, 5) is 69.1. The van der Waals surface area contributed by atoms with Gasteiger partial charge in [-0.15, -0.1) is 13.2 Å². The van der Waals surface area contributed by atoms with Gasteiger partial charge in [-0.25, -0.2) is 4.79 Å². The monoisotopic (exact) mass is 776 g/mol. The Balaban J connectivity index is 0.976. The molecule has 1 aliphatic carbocycles. The van der Waals surface area contributed by atoms with Crippen molar-refractivity contribution in [2.45, 2.75) is 95.1 Å². The largest absolute Gasteiger partial charge is 0.573 e. The fourth-order valence-electron chi connectivity index (χ4n) is 8.59. The number of nitrogens with one attached hydrogen (secondary N) is 2. The van der Waals surface area contributed by atoms with Crippen LogP contribution in [0.15, 0.2) is 53.5 Å². The predicted molar refractivity (Wildman–Crippen MR) is 202 cm³/mol. The van der Waals surface area contributed by atoms with Crippen molar-refractivity contribution in [1.29, 1.82) is 0 Å². The van der Waals surface area contributed by atoms with Crippen LogP contribution >= 0.6 is 0 Å². The highest BCUT2D eigenvalue weighted by atomic mass is 19.4. The molecular weight excluding hydrogens is 729 g/mol. The summed E-state index contributed by atoms with van der Waals surface area (Å²) in [6, 6.07) is 11.4. The molecule has 1 aromatic heterocycles. The van der Waals surface area contributed by atoms with E-state index in [1.54, 1.807) is 50.0 Å². The van der Waals surface area contributed by atoms with Gasteiger partial charge in [-0.2, -0.15) is 0 Å². The Morgan fingerprint density at radius 1 is 0.946 bits per heavy atom. The number of amides is 5. The molecule has 3 saturated heterocycles. The van der Waals surface area contributed by atoms with Crippen LogP contribution in [0.25, 0.3) is 11.1 Å². The van der Waals surface area contributed by atoms with Crippen molar-refractivity contribution in [3.05, 3.63) is 81.3 Å². The SMILES string of the molecule is Cc1c(-c2ccc(C(=O)N3CCC(N(C)C(=O)N4CCC(c5ccc(NC6CCC(=O)NC6=O)cc5)CC4)CC34CC4)c(OC(F)(F)F)c2)cn(C)c(=O)c1C. The third kappa shape index (κ3) is 7.85. The van der Waals surface area contributed by atoms with E-state index in [1.807, 2.05) is 29.2 Å². The zero-order valence-corrected chi connectivity index (χ0v) is 32.0. The fourth-order valence-corrected chi connectivity index (χ4v) is 8.59. The fraction of sp³-hybridized carbons (Fsp3) is 0.488. The Morgan fingerprint density at radius 2 is 1.64 bits per heavy atom. The van der Waals surface area contributed by atoms with Gasteiger partial charge in [0.1, 0.15) is 11.8 Å². The standard InChI is InChI=1S/C41H47F3N6O6/c1-24-25(2)37(53)47(3)23-32(24)28-7-10-31(34(21-28)56-41(42,43)44)38(54)50-20-15-30(22-40(50)16-17-40)48(4)39(55)49-18-13-27(14-19-49)26-5-8-29(9-6-26)45-33-11-12-35(51)46-36(33)52/h5-10,21,23,27,30,33,45H,11-20,22H2,1-4H3,(H,46,51,52). The van der Waals surface area contributed by atoms with E-state index in [4.69, 9.17) is 0 Å². The highest BCUT2D eigenvalue weighted by molar-refractivity contribution is 6.01. The first-order chi connectivity index (χ1) is 26.5. The number of carbonyl (C=O) groups excluding carboxylic acids is 4. The second-order valence-electron chi connectivity index (χ2n) is 15.7. The molecule has 2 atom stereocenters. The molecular formula is C41H47F3N6O6. The van der Waals surface area contributed by atoms with Crippen molar-refractivity contribution < 1.29 is 37.1 Å². The van der Waals surface area contributed by atoms with E-state index < -0.39 is 29.6 Å². The molecule has 2 unspecified atom stereocenters. The maximum atomic E-state index is 14.1. The molecule has 0 radical (unpaired) electrons. The summed E-state index contributed by atoms with van der Waals surface area (Å²) in [6.07, 6.45) is 1.25. The van der Waals surface area contributed by atoms with Gasteiger partial charge in [-0.1, -0.05) is 18.2 Å². The quantitative estimate of drug-likeness (QED) is 0.288. The van der Waals surface area contributed by atoms with Gasteiger partial charge in [-0.3, -0.25) is 24.5 Å². The zero-order valence-electron chi connectivity index (χ0n) is 32.0. The average molecular weight is 777 g/mol. The molecule has 12 nitrogen and oxygen atoms in total. The van der Waals surface area contributed by atoms with Gasteiger partial charge in [0.15, 0.2) is 0 Å². The van der Waals surface area contributed by atoms with Gasteiger partial charge in [0.25, 0.3) is 11.5 Å². The van der Waals surface area contributed by atoms with Gasteiger partial charge < -0.3 is 29.3 Å². The maximum Gasteiger partial charge on any atom is 0.573 e. The van der Waals surface area contributed by atoms with Crippen LogP contribution in [0.1, 0.15) is 84.3 Å². The van der Waals surface area contributed by atoms with E-state index in [-0.39, 0.29) is 47.5 Å². The van der Waals surface area contributed by atoms with E-state index in [2.05, 4.69) is 15.4 Å². The molecule has 1 spiro atoms. The molecule has 3 aromatic rings. The van der Waals surface area contributed by atoms with Crippen molar-refractivity contribution in [2.75, 3.05) is 32.0 Å². The maximum absolute atomic E-state index is 14.1. The number of halogens is 3. The number of anilines is 1. The van der Waals surface area contributed by atoms with Gasteiger partial charge in [-0.05, 0) is 106 Å². The molecule has 15 heteroatoms. The summed E-state index contributed by atoms with van der Waals surface area (Å²) in [5.74, 6) is -1.45. The van der Waals surface area contributed by atoms with Crippen LogP contribution < -0.4 is 20.9 Å². The van der Waals surface area contributed by atoms with E-state index in [0.717, 1.165) is 24.1 Å². The Bertz CT molecular complexity index is 2110. The lowest BCUT2D eigenvalue weighted by Crippen LogP contribution is -2.56. The molecule has 4 heterocycles. The van der Waals surface area contributed by atoms with Crippen LogP contribution in [0.2, 0.25) is 0 Å². The highest BCUT2D eigenvalue weighted by Crippen LogP contribution is 2.50. The molecule has 4 aliphatic rings. The molecule has 7 rings (SSSR count). The summed E-state index contributed by atoms with van der Waals surface area (Å²) in [5, 5.41) is 5.56. The van der Waals surface area contributed by atoms with Gasteiger partial charge in [0, 0.05) is 74.7 Å². The van der Waals surface area contributed by atoms with Crippen LogP contribution in [0.5, 0.6) is 5.75 Å². The summed E-state index contributed by atoms with van der Waals surface area (Å²) in [7, 11) is 3.36. The van der Waals surface area contributed by atoms with Crippen LogP contribution in [0.3, 0.4) is 0 Å². The predicted octanol–water partition coefficient (Wildman–Crippen LogP) is 5.85. The number of piperidine rings is 3. The smallest absolute Gasteiger partial charge is 0.405 e. The Hall–Kier alpha value is -5.34. The summed E-state index contributed by atoms with van der Waals surface area (Å²) >= 11 is 0.